The van der Waals surface area contributed by atoms with Gasteiger partial charge in [-0.15, -0.1) is 22.7 Å². The van der Waals surface area contributed by atoms with Crippen LogP contribution in [-0.2, 0) is 32.4 Å². The Bertz CT molecular complexity index is 1140. The predicted octanol–water partition coefficient (Wildman–Crippen LogP) is 3.44. The number of thiophene rings is 2. The molecule has 1 fully saturated rings. The monoisotopic (exact) mass is 525 g/mol. The number of carbonyl (C=O) groups excluding carboxylic acids is 2. The third-order valence-electron chi connectivity index (χ3n) is 6.52. The molecule has 1 amide bonds. The van der Waals surface area contributed by atoms with Crippen molar-refractivity contribution < 1.29 is 22.7 Å². The fourth-order valence-corrected chi connectivity index (χ4v) is 8.48. The molecular weight excluding hydrogens is 494 g/mol. The molecule has 2 aromatic rings. The second kappa shape index (κ2) is 10.4. The number of ether oxygens (including phenoxy) is 1. The first-order valence-electron chi connectivity index (χ1n) is 11.6. The number of carbonyl (C=O) groups is 2. The fourth-order valence-electron chi connectivity index (χ4n) is 4.51. The molecule has 34 heavy (non-hydrogen) atoms. The van der Waals surface area contributed by atoms with Gasteiger partial charge in [0.2, 0.25) is 5.91 Å². The zero-order valence-corrected chi connectivity index (χ0v) is 22.2. The minimum absolute atomic E-state index is 0.202. The third-order valence-corrected chi connectivity index (χ3v) is 11.0. The van der Waals surface area contributed by atoms with E-state index >= 15 is 0 Å². The van der Waals surface area contributed by atoms with Crippen LogP contribution in [0, 0.1) is 5.92 Å². The Hall–Kier alpha value is -1.79. The molecule has 186 valence electrons. The Balaban J connectivity index is 1.44. The molecule has 8 nitrogen and oxygen atoms in total. The number of esters is 1. The topological polar surface area (TPSA) is 96.0 Å². The minimum atomic E-state index is -3.49. The number of fused-ring (bicyclic) bond motifs is 1. The van der Waals surface area contributed by atoms with Crippen molar-refractivity contribution in [2.45, 2.75) is 50.3 Å². The summed E-state index contributed by atoms with van der Waals surface area (Å²) < 4.78 is 32.7. The molecule has 0 spiro atoms. The molecule has 0 aromatic carbocycles. The Morgan fingerprint density at radius 3 is 2.65 bits per heavy atom. The normalized spacial score (nSPS) is 20.5. The van der Waals surface area contributed by atoms with Gasteiger partial charge in [0.1, 0.15) is 9.21 Å². The maximum absolute atomic E-state index is 13.2. The van der Waals surface area contributed by atoms with Crippen molar-refractivity contribution in [2.24, 2.45) is 5.92 Å². The number of sulfonamides is 1. The van der Waals surface area contributed by atoms with Crippen molar-refractivity contribution in [1.29, 1.82) is 0 Å². The van der Waals surface area contributed by atoms with Crippen molar-refractivity contribution in [3.8, 4) is 0 Å². The van der Waals surface area contributed by atoms with Crippen LogP contribution in [0.1, 0.15) is 48.0 Å². The van der Waals surface area contributed by atoms with Crippen molar-refractivity contribution >= 4 is 49.6 Å². The molecule has 4 rings (SSSR count). The molecular formula is C23H31N3O5S3. The smallest absolute Gasteiger partial charge is 0.341 e. The zero-order valence-electron chi connectivity index (χ0n) is 19.7. The van der Waals surface area contributed by atoms with Crippen molar-refractivity contribution in [2.75, 3.05) is 38.1 Å². The maximum atomic E-state index is 13.2. The van der Waals surface area contributed by atoms with E-state index in [2.05, 4.69) is 12.2 Å². The van der Waals surface area contributed by atoms with Crippen LogP contribution in [-0.4, -0.2) is 68.3 Å². The zero-order chi connectivity index (χ0) is 24.5. The molecule has 1 aliphatic carbocycles. The Labute approximate surface area is 208 Å². The lowest BCUT2D eigenvalue weighted by Gasteiger charge is -2.36. The second-order valence-corrected chi connectivity index (χ2v) is 13.0. The molecule has 0 unspecified atom stereocenters. The van der Waals surface area contributed by atoms with Crippen LogP contribution in [0.4, 0.5) is 5.00 Å². The summed E-state index contributed by atoms with van der Waals surface area (Å²) in [6, 6.07) is 2.89. The number of nitrogens with one attached hydrogen (secondary N) is 1. The summed E-state index contributed by atoms with van der Waals surface area (Å²) in [6.45, 7) is 7.66. The average Bonchev–Trinajstić information content (AvgIpc) is 3.47. The van der Waals surface area contributed by atoms with E-state index in [4.69, 9.17) is 4.74 Å². The lowest BCUT2D eigenvalue weighted by atomic mass is 9.88. The summed E-state index contributed by atoms with van der Waals surface area (Å²) in [5, 5.41) is 5.31. The number of anilines is 1. The Morgan fingerprint density at radius 2 is 2.00 bits per heavy atom. The largest absolute Gasteiger partial charge is 0.462 e. The van der Waals surface area contributed by atoms with E-state index < -0.39 is 16.1 Å². The Morgan fingerprint density at radius 1 is 1.26 bits per heavy atom. The van der Waals surface area contributed by atoms with Crippen molar-refractivity contribution in [3.05, 3.63) is 33.5 Å². The number of rotatable bonds is 7. The van der Waals surface area contributed by atoms with E-state index in [1.54, 1.807) is 24.4 Å². The van der Waals surface area contributed by atoms with Gasteiger partial charge in [-0.2, -0.15) is 4.31 Å². The molecule has 3 heterocycles. The molecule has 0 saturated carbocycles. The third kappa shape index (κ3) is 5.08. The van der Waals surface area contributed by atoms with Gasteiger partial charge < -0.3 is 10.1 Å². The summed E-state index contributed by atoms with van der Waals surface area (Å²) >= 11 is 2.69. The fraction of sp³-hybridized carbons (Fsp3) is 0.565. The molecule has 0 bridgehead atoms. The van der Waals surface area contributed by atoms with Crippen LogP contribution >= 0.6 is 22.7 Å². The summed E-state index contributed by atoms with van der Waals surface area (Å²) in [5.41, 5.74) is 1.51. The van der Waals surface area contributed by atoms with Crippen LogP contribution in [0.5, 0.6) is 0 Å². The standard InChI is InChI=1S/C23H31N3O5S3/c1-4-31-23(28)20-17-8-7-15(2)14-18(17)33-22(20)24-21(27)16(3)25-9-11-26(12-10-25)34(29,30)19-6-5-13-32-19/h5-6,13,15-16H,4,7-12,14H2,1-3H3,(H,24,27)/t15-,16+/m0/s1. The average molecular weight is 526 g/mol. The van der Waals surface area contributed by atoms with Crippen LogP contribution in [0.2, 0.25) is 0 Å². The highest BCUT2D eigenvalue weighted by Crippen LogP contribution is 2.40. The predicted molar refractivity (Wildman–Crippen MR) is 134 cm³/mol. The highest BCUT2D eigenvalue weighted by molar-refractivity contribution is 7.91. The summed E-state index contributed by atoms with van der Waals surface area (Å²) in [4.78, 5) is 29.0. The highest BCUT2D eigenvalue weighted by atomic mass is 32.2. The highest BCUT2D eigenvalue weighted by Gasteiger charge is 2.34. The van der Waals surface area contributed by atoms with Crippen LogP contribution < -0.4 is 5.32 Å². The second-order valence-electron chi connectivity index (χ2n) is 8.81. The molecule has 2 aliphatic rings. The maximum Gasteiger partial charge on any atom is 0.341 e. The van der Waals surface area contributed by atoms with E-state index in [0.717, 1.165) is 29.7 Å². The molecule has 2 atom stereocenters. The van der Waals surface area contributed by atoms with Crippen molar-refractivity contribution in [3.63, 3.8) is 0 Å². The Kier molecular flexibility index (Phi) is 7.78. The lowest BCUT2D eigenvalue weighted by Crippen LogP contribution is -2.53. The number of hydrogen-bond donors (Lipinski definition) is 1. The van der Waals surface area contributed by atoms with Crippen molar-refractivity contribution in [1.82, 2.24) is 9.21 Å². The summed E-state index contributed by atoms with van der Waals surface area (Å²) in [5.74, 6) is -0.0397. The van der Waals surface area contributed by atoms with Gasteiger partial charge >= 0.3 is 5.97 Å². The molecule has 1 N–H and O–H groups in total. The number of nitrogens with zero attached hydrogens (tertiary/aromatic N) is 2. The first-order chi connectivity index (χ1) is 16.2. The first-order valence-corrected chi connectivity index (χ1v) is 14.8. The van der Waals surface area contributed by atoms with Gasteiger partial charge in [0.05, 0.1) is 18.2 Å². The first kappa shape index (κ1) is 25.3. The van der Waals surface area contributed by atoms with Gasteiger partial charge in [0.25, 0.3) is 10.0 Å². The molecule has 2 aromatic heterocycles. The SMILES string of the molecule is CCOC(=O)c1c(NC(=O)[C@@H](C)N2CCN(S(=O)(=O)c3cccs3)CC2)sc2c1CC[C@H](C)C2. The lowest BCUT2D eigenvalue weighted by molar-refractivity contribution is -0.121. The summed E-state index contributed by atoms with van der Waals surface area (Å²) in [7, 11) is -3.49. The van der Waals surface area contributed by atoms with Crippen LogP contribution in [0.25, 0.3) is 0 Å². The van der Waals surface area contributed by atoms with E-state index in [1.165, 1.54) is 27.0 Å². The minimum Gasteiger partial charge on any atom is -0.462 e. The van der Waals surface area contributed by atoms with E-state index in [1.807, 2.05) is 11.8 Å². The number of hydrogen-bond acceptors (Lipinski definition) is 8. The number of piperazine rings is 1. The van der Waals surface area contributed by atoms with E-state index in [-0.39, 0.29) is 18.5 Å². The van der Waals surface area contributed by atoms with Gasteiger partial charge in [-0.1, -0.05) is 13.0 Å². The molecule has 1 saturated heterocycles. The van der Waals surface area contributed by atoms with Gasteiger partial charge in [-0.25, -0.2) is 13.2 Å². The quantitative estimate of drug-likeness (QED) is 0.557. The van der Waals surface area contributed by atoms with Gasteiger partial charge in [0.15, 0.2) is 0 Å². The van der Waals surface area contributed by atoms with E-state index in [9.17, 15) is 18.0 Å². The van der Waals surface area contributed by atoms with E-state index in [0.29, 0.717) is 46.9 Å². The van der Waals surface area contributed by atoms with Gasteiger partial charge in [-0.05, 0) is 56.0 Å². The van der Waals surface area contributed by atoms with Gasteiger partial charge in [0, 0.05) is 31.1 Å². The van der Waals surface area contributed by atoms with Crippen LogP contribution in [0.15, 0.2) is 21.7 Å². The van der Waals surface area contributed by atoms with Crippen LogP contribution in [0.3, 0.4) is 0 Å². The molecule has 1 aliphatic heterocycles. The molecule has 0 radical (unpaired) electrons. The number of amides is 1. The van der Waals surface area contributed by atoms with Gasteiger partial charge in [-0.3, -0.25) is 9.69 Å². The molecule has 11 heteroatoms. The summed E-state index contributed by atoms with van der Waals surface area (Å²) in [6.07, 6.45) is 2.73.